The highest BCUT2D eigenvalue weighted by molar-refractivity contribution is 5.79. The Bertz CT molecular complexity index is 741. The lowest BCUT2D eigenvalue weighted by atomic mass is 9.89. The molecule has 7 heteroatoms. The summed E-state index contributed by atoms with van der Waals surface area (Å²) in [5.41, 5.74) is 2.66. The molecule has 4 saturated heterocycles. The Labute approximate surface area is 165 Å². The first-order chi connectivity index (χ1) is 13.7. The smallest absolute Gasteiger partial charge is 0.320 e. The van der Waals surface area contributed by atoms with Gasteiger partial charge in [0, 0.05) is 44.6 Å². The molecule has 4 heterocycles. The fourth-order valence-corrected chi connectivity index (χ4v) is 4.76. The summed E-state index contributed by atoms with van der Waals surface area (Å²) in [6.07, 6.45) is 1.92. The minimum absolute atomic E-state index is 0.0367. The molecule has 0 aliphatic carbocycles. The molecule has 1 aromatic rings. The number of nitrogens with zero attached hydrogens (tertiary/aromatic N) is 2. The molecular weight excluding hydrogens is 358 g/mol. The number of fused-ring (bicyclic) bond motifs is 1. The Kier molecular flexibility index (Phi) is 4.72. The van der Waals surface area contributed by atoms with Gasteiger partial charge in [-0.3, -0.25) is 4.79 Å². The molecule has 1 aromatic carbocycles. The van der Waals surface area contributed by atoms with Gasteiger partial charge >= 0.3 is 6.03 Å². The van der Waals surface area contributed by atoms with Crippen LogP contribution in [0.25, 0.3) is 0 Å². The second-order valence-corrected chi connectivity index (χ2v) is 8.37. The number of morpholine rings is 1. The number of carbonyl (C=O) groups excluding carboxylic acids is 2. The van der Waals surface area contributed by atoms with Gasteiger partial charge in [-0.05, 0) is 24.0 Å². The molecule has 5 rings (SSSR count). The fourth-order valence-electron chi connectivity index (χ4n) is 4.76. The first-order valence-corrected chi connectivity index (χ1v) is 10.3. The molecule has 7 nitrogen and oxygen atoms in total. The molecule has 0 saturated carbocycles. The van der Waals surface area contributed by atoms with Gasteiger partial charge in [0.2, 0.25) is 5.91 Å². The third-order valence-electron chi connectivity index (χ3n) is 6.56. The van der Waals surface area contributed by atoms with Crippen LogP contribution in [0.15, 0.2) is 24.3 Å². The van der Waals surface area contributed by atoms with E-state index in [4.69, 9.17) is 9.47 Å². The van der Waals surface area contributed by atoms with Gasteiger partial charge in [0.05, 0.1) is 18.8 Å². The first kappa shape index (κ1) is 17.9. The van der Waals surface area contributed by atoms with E-state index in [9.17, 15) is 9.59 Å². The maximum atomic E-state index is 12.8. The third kappa shape index (κ3) is 3.37. The largest absolute Gasteiger partial charge is 0.381 e. The monoisotopic (exact) mass is 385 g/mol. The molecular formula is C21H27N3O4. The van der Waals surface area contributed by atoms with Crippen molar-refractivity contribution in [1.29, 1.82) is 0 Å². The maximum absolute atomic E-state index is 12.8. The number of likely N-dealkylation sites (tertiary alicyclic amines) is 2. The third-order valence-corrected chi connectivity index (χ3v) is 6.56. The van der Waals surface area contributed by atoms with E-state index in [1.807, 2.05) is 9.80 Å². The van der Waals surface area contributed by atoms with Gasteiger partial charge in [-0.1, -0.05) is 24.3 Å². The number of amides is 3. The number of carbonyl (C=O) groups is 2. The van der Waals surface area contributed by atoms with Crippen LogP contribution in [-0.2, 0) is 14.3 Å². The Morgan fingerprint density at radius 1 is 1.00 bits per heavy atom. The number of benzene rings is 1. The van der Waals surface area contributed by atoms with Crippen LogP contribution < -0.4 is 5.32 Å². The van der Waals surface area contributed by atoms with E-state index in [2.05, 4.69) is 29.6 Å². The second-order valence-electron chi connectivity index (χ2n) is 8.37. The zero-order valence-corrected chi connectivity index (χ0v) is 16.0. The standard InChI is InChI=1S/C21H27N3O4/c25-20-13-28-19-5-7-23(11-18(19)22-20)21(26)24-9-17(10-24)15-3-1-14(2-4-15)16-6-8-27-12-16/h1-4,16-19H,5-13H2,(H,22,25)/t16?,18-,19+/m1/s1. The summed E-state index contributed by atoms with van der Waals surface area (Å²) in [5, 5.41) is 2.96. The SMILES string of the molecule is O=C1CO[C@H]2CCN(C(=O)N3CC(c4ccc(C5CCOC5)cc4)C3)C[C@H]2N1. The quantitative estimate of drug-likeness (QED) is 0.833. The number of hydrogen-bond donors (Lipinski definition) is 1. The molecule has 4 aliphatic heterocycles. The second kappa shape index (κ2) is 7.37. The molecule has 28 heavy (non-hydrogen) atoms. The van der Waals surface area contributed by atoms with Crippen LogP contribution in [0.5, 0.6) is 0 Å². The molecule has 0 aromatic heterocycles. The van der Waals surface area contributed by atoms with Crippen molar-refractivity contribution in [1.82, 2.24) is 15.1 Å². The molecule has 3 atom stereocenters. The summed E-state index contributed by atoms with van der Waals surface area (Å²) in [6.45, 7) is 4.57. The minimum atomic E-state index is -0.0906. The van der Waals surface area contributed by atoms with E-state index in [-0.39, 0.29) is 30.7 Å². The van der Waals surface area contributed by atoms with Gasteiger partial charge in [-0.25, -0.2) is 4.79 Å². The van der Waals surface area contributed by atoms with Crippen molar-refractivity contribution in [2.75, 3.05) is 46.0 Å². The highest BCUT2D eigenvalue weighted by Crippen LogP contribution is 2.31. The lowest BCUT2D eigenvalue weighted by molar-refractivity contribution is -0.139. The summed E-state index contributed by atoms with van der Waals surface area (Å²) in [4.78, 5) is 28.1. The van der Waals surface area contributed by atoms with Crippen molar-refractivity contribution >= 4 is 11.9 Å². The predicted octanol–water partition coefficient (Wildman–Crippen LogP) is 1.30. The molecule has 4 aliphatic rings. The normalized spacial score (nSPS) is 30.6. The number of piperidine rings is 1. The Morgan fingerprint density at radius 3 is 2.46 bits per heavy atom. The van der Waals surface area contributed by atoms with Crippen LogP contribution in [0.2, 0.25) is 0 Å². The van der Waals surface area contributed by atoms with E-state index in [1.165, 1.54) is 11.1 Å². The molecule has 3 amide bonds. The number of rotatable bonds is 2. The Hall–Kier alpha value is -2.12. The molecule has 1 unspecified atom stereocenters. The summed E-state index contributed by atoms with van der Waals surface area (Å²) in [7, 11) is 0. The lowest BCUT2D eigenvalue weighted by Gasteiger charge is -2.46. The lowest BCUT2D eigenvalue weighted by Crippen LogP contribution is -2.63. The van der Waals surface area contributed by atoms with E-state index >= 15 is 0 Å². The zero-order chi connectivity index (χ0) is 19.1. The van der Waals surface area contributed by atoms with E-state index in [0.717, 1.165) is 39.1 Å². The van der Waals surface area contributed by atoms with Crippen LogP contribution in [-0.4, -0.2) is 79.9 Å². The van der Waals surface area contributed by atoms with Crippen LogP contribution in [0.3, 0.4) is 0 Å². The predicted molar refractivity (Wildman–Crippen MR) is 102 cm³/mol. The molecule has 150 valence electrons. The van der Waals surface area contributed by atoms with Crippen LogP contribution in [0.4, 0.5) is 4.79 Å². The summed E-state index contributed by atoms with van der Waals surface area (Å²) in [5.74, 6) is 0.848. The summed E-state index contributed by atoms with van der Waals surface area (Å²) < 4.78 is 11.1. The first-order valence-electron chi connectivity index (χ1n) is 10.3. The maximum Gasteiger partial charge on any atom is 0.320 e. The van der Waals surface area contributed by atoms with Crippen molar-refractivity contribution < 1.29 is 19.1 Å². The van der Waals surface area contributed by atoms with Crippen molar-refractivity contribution in [2.45, 2.75) is 36.8 Å². The van der Waals surface area contributed by atoms with Crippen LogP contribution >= 0.6 is 0 Å². The van der Waals surface area contributed by atoms with Crippen LogP contribution in [0.1, 0.15) is 35.8 Å². The fraction of sp³-hybridized carbons (Fsp3) is 0.619. The molecule has 4 fully saturated rings. The summed E-state index contributed by atoms with van der Waals surface area (Å²) >= 11 is 0. The number of nitrogens with one attached hydrogen (secondary N) is 1. The molecule has 0 bridgehead atoms. The number of ether oxygens (including phenoxy) is 2. The van der Waals surface area contributed by atoms with E-state index in [1.54, 1.807) is 0 Å². The minimum Gasteiger partial charge on any atom is -0.381 e. The zero-order valence-electron chi connectivity index (χ0n) is 16.0. The van der Waals surface area contributed by atoms with Gasteiger partial charge in [0.1, 0.15) is 6.61 Å². The average molecular weight is 385 g/mol. The van der Waals surface area contributed by atoms with Crippen molar-refractivity contribution in [2.24, 2.45) is 0 Å². The van der Waals surface area contributed by atoms with Gasteiger partial charge in [0.25, 0.3) is 0 Å². The van der Waals surface area contributed by atoms with Gasteiger partial charge in [-0.15, -0.1) is 0 Å². The van der Waals surface area contributed by atoms with Gasteiger partial charge in [0.15, 0.2) is 0 Å². The molecule has 1 N–H and O–H groups in total. The van der Waals surface area contributed by atoms with E-state index in [0.29, 0.717) is 24.9 Å². The summed E-state index contributed by atoms with van der Waals surface area (Å²) in [6, 6.07) is 8.85. The highest BCUT2D eigenvalue weighted by atomic mass is 16.5. The topological polar surface area (TPSA) is 71.1 Å². The van der Waals surface area contributed by atoms with Crippen molar-refractivity contribution in [3.63, 3.8) is 0 Å². The van der Waals surface area contributed by atoms with Crippen molar-refractivity contribution in [3.05, 3.63) is 35.4 Å². The number of urea groups is 1. The molecule has 0 radical (unpaired) electrons. The van der Waals surface area contributed by atoms with Gasteiger partial charge in [-0.2, -0.15) is 0 Å². The van der Waals surface area contributed by atoms with Crippen molar-refractivity contribution in [3.8, 4) is 0 Å². The van der Waals surface area contributed by atoms with E-state index < -0.39 is 0 Å². The van der Waals surface area contributed by atoms with Crippen LogP contribution in [0, 0.1) is 0 Å². The van der Waals surface area contributed by atoms with Gasteiger partial charge < -0.3 is 24.6 Å². The Balaban J connectivity index is 1.14. The Morgan fingerprint density at radius 2 is 1.75 bits per heavy atom. The molecule has 0 spiro atoms. The average Bonchev–Trinajstić information content (AvgIpc) is 3.21. The highest BCUT2D eigenvalue weighted by Gasteiger charge is 2.40. The number of hydrogen-bond acceptors (Lipinski definition) is 4.